The van der Waals surface area contributed by atoms with Gasteiger partial charge in [-0.05, 0) is 12.2 Å². The van der Waals surface area contributed by atoms with Crippen molar-refractivity contribution in [2.24, 2.45) is 0 Å². The zero-order valence-corrected chi connectivity index (χ0v) is 7.27. The maximum atomic E-state index is 10.3. The van der Waals surface area contributed by atoms with E-state index in [1.807, 2.05) is 0 Å². The second kappa shape index (κ2) is 6.04. The predicted molar refractivity (Wildman–Crippen MR) is 50.0 cm³/mol. The maximum absolute atomic E-state index is 10.3. The molecule has 2 nitrogen and oxygen atoms in total. The third kappa shape index (κ3) is 5.73. The predicted octanol–water partition coefficient (Wildman–Crippen LogP) is 1.06. The Labute approximate surface area is 70.0 Å². The lowest BCUT2D eigenvalue weighted by Gasteiger charge is -1.99. The van der Waals surface area contributed by atoms with Crippen molar-refractivity contribution in [1.82, 2.24) is 0 Å². The molecule has 11 heavy (non-hydrogen) atoms. The van der Waals surface area contributed by atoms with Crippen molar-refractivity contribution in [3.63, 3.8) is 0 Å². The van der Waals surface area contributed by atoms with E-state index in [9.17, 15) is 4.79 Å². The molecule has 0 aliphatic carbocycles. The molecule has 1 N–H and O–H groups in total. The molecule has 0 aromatic carbocycles. The fraction of sp³-hybridized carbons (Fsp3) is 0.375. The van der Waals surface area contributed by atoms with Gasteiger partial charge in [0.2, 0.25) is 5.75 Å². The van der Waals surface area contributed by atoms with Gasteiger partial charge >= 0.3 is 5.97 Å². The number of carbonyl (C=O) groups is 1. The highest BCUT2D eigenvalue weighted by Gasteiger charge is 2.18. The molecular weight excluding hydrogens is 160 g/mol. The maximum Gasteiger partial charge on any atom is 0.353 e. The Kier molecular flexibility index (Phi) is 5.65. The molecule has 0 aliphatic rings. The SMILES string of the molecule is C=CC[S+](CC=C)CC(=O)O. The van der Waals surface area contributed by atoms with Gasteiger partial charge in [0.25, 0.3) is 0 Å². The van der Waals surface area contributed by atoms with Gasteiger partial charge < -0.3 is 5.11 Å². The van der Waals surface area contributed by atoms with Crippen LogP contribution in [0.4, 0.5) is 0 Å². The number of carboxylic acids is 1. The Morgan fingerprint density at radius 2 is 1.82 bits per heavy atom. The van der Waals surface area contributed by atoms with Gasteiger partial charge in [-0.2, -0.15) is 0 Å². The lowest BCUT2D eigenvalue weighted by molar-refractivity contribution is -0.133. The van der Waals surface area contributed by atoms with Crippen molar-refractivity contribution in [1.29, 1.82) is 0 Å². The molecule has 0 unspecified atom stereocenters. The summed E-state index contributed by atoms with van der Waals surface area (Å²) in [6.07, 6.45) is 3.52. The van der Waals surface area contributed by atoms with Crippen molar-refractivity contribution < 1.29 is 9.90 Å². The van der Waals surface area contributed by atoms with Crippen LogP contribution >= 0.6 is 0 Å². The summed E-state index contributed by atoms with van der Waals surface area (Å²) < 4.78 is 0. The molecule has 0 heterocycles. The molecule has 0 fully saturated rings. The van der Waals surface area contributed by atoms with Gasteiger partial charge in [-0.25, -0.2) is 4.79 Å². The van der Waals surface area contributed by atoms with Crippen LogP contribution in [0.3, 0.4) is 0 Å². The van der Waals surface area contributed by atoms with E-state index < -0.39 is 5.97 Å². The van der Waals surface area contributed by atoms with Gasteiger partial charge in [0.15, 0.2) is 0 Å². The van der Waals surface area contributed by atoms with Crippen molar-refractivity contribution in [3.8, 4) is 0 Å². The van der Waals surface area contributed by atoms with E-state index in [4.69, 9.17) is 5.11 Å². The summed E-state index contributed by atoms with van der Waals surface area (Å²) in [5.41, 5.74) is 0. The smallest absolute Gasteiger partial charge is 0.353 e. The molecule has 62 valence electrons. The highest BCUT2D eigenvalue weighted by Crippen LogP contribution is 1.97. The summed E-state index contributed by atoms with van der Waals surface area (Å²) in [4.78, 5) is 10.3. The van der Waals surface area contributed by atoms with E-state index in [0.717, 1.165) is 11.5 Å². The molecule has 0 rings (SSSR count). The summed E-state index contributed by atoms with van der Waals surface area (Å²) in [6.45, 7) is 7.14. The van der Waals surface area contributed by atoms with Crippen LogP contribution in [0.15, 0.2) is 25.3 Å². The summed E-state index contributed by atoms with van der Waals surface area (Å²) in [6, 6.07) is 0. The molecule has 0 aromatic heterocycles. The average Bonchev–Trinajstić information content (AvgIpc) is 1.87. The molecular formula is C8H13O2S+. The van der Waals surface area contributed by atoms with Gasteiger partial charge in [0, 0.05) is 10.9 Å². The monoisotopic (exact) mass is 173 g/mol. The van der Waals surface area contributed by atoms with Crippen LogP contribution in [-0.4, -0.2) is 28.3 Å². The van der Waals surface area contributed by atoms with Crippen molar-refractivity contribution in [2.75, 3.05) is 17.3 Å². The number of aliphatic carboxylic acids is 1. The second-order valence-corrected chi connectivity index (χ2v) is 4.24. The van der Waals surface area contributed by atoms with Crippen LogP contribution in [0.25, 0.3) is 0 Å². The largest absolute Gasteiger partial charge is 0.478 e. The lowest BCUT2D eigenvalue weighted by Crippen LogP contribution is -2.20. The fourth-order valence-electron chi connectivity index (χ4n) is 0.694. The van der Waals surface area contributed by atoms with Crippen LogP contribution < -0.4 is 0 Å². The van der Waals surface area contributed by atoms with Crippen LogP contribution in [0.2, 0.25) is 0 Å². The van der Waals surface area contributed by atoms with E-state index in [0.29, 0.717) is 0 Å². The Balaban J connectivity index is 3.76. The average molecular weight is 173 g/mol. The molecule has 0 aliphatic heterocycles. The quantitative estimate of drug-likeness (QED) is 0.482. The number of rotatable bonds is 6. The topological polar surface area (TPSA) is 37.3 Å². The Hall–Kier alpha value is -0.700. The highest BCUT2D eigenvalue weighted by atomic mass is 32.2. The van der Waals surface area contributed by atoms with Crippen molar-refractivity contribution >= 4 is 16.9 Å². The lowest BCUT2D eigenvalue weighted by atomic mass is 10.7. The third-order valence-electron chi connectivity index (χ3n) is 1.03. The van der Waals surface area contributed by atoms with Crippen LogP contribution in [0.5, 0.6) is 0 Å². The van der Waals surface area contributed by atoms with Crippen molar-refractivity contribution in [2.45, 2.75) is 0 Å². The normalized spacial score (nSPS) is 9.55. The number of hydrogen-bond donors (Lipinski definition) is 1. The highest BCUT2D eigenvalue weighted by molar-refractivity contribution is 7.97. The van der Waals surface area contributed by atoms with Gasteiger partial charge in [-0.15, -0.1) is 0 Å². The van der Waals surface area contributed by atoms with E-state index in [1.165, 1.54) is 0 Å². The standard InChI is InChI=1S/C8H12O2S/c1-3-5-11(6-4-2)7-8(9)10/h3-4H,1-2,5-7H2/p+1. The molecule has 0 saturated carbocycles. The summed E-state index contributed by atoms with van der Waals surface area (Å²) in [5.74, 6) is 1.05. The molecule has 0 aromatic rings. The summed E-state index contributed by atoms with van der Waals surface area (Å²) >= 11 is 0. The molecule has 0 radical (unpaired) electrons. The Bertz CT molecular complexity index is 144. The number of carboxylic acid groups (broad SMARTS) is 1. The Morgan fingerprint density at radius 3 is 2.09 bits per heavy atom. The first-order valence-electron chi connectivity index (χ1n) is 3.28. The van der Waals surface area contributed by atoms with E-state index >= 15 is 0 Å². The van der Waals surface area contributed by atoms with Crippen molar-refractivity contribution in [3.05, 3.63) is 25.3 Å². The summed E-state index contributed by atoms with van der Waals surface area (Å²) in [7, 11) is -0.0903. The Morgan fingerprint density at radius 1 is 1.36 bits per heavy atom. The van der Waals surface area contributed by atoms with E-state index in [1.54, 1.807) is 12.2 Å². The minimum Gasteiger partial charge on any atom is -0.478 e. The fourth-order valence-corrected chi connectivity index (χ4v) is 2.08. The molecule has 0 atom stereocenters. The first kappa shape index (κ1) is 10.3. The van der Waals surface area contributed by atoms with Crippen LogP contribution in [-0.2, 0) is 15.7 Å². The molecule has 0 spiro atoms. The molecule has 0 saturated heterocycles. The molecule has 0 bridgehead atoms. The van der Waals surface area contributed by atoms with Crippen LogP contribution in [0, 0.1) is 0 Å². The first-order valence-corrected chi connectivity index (χ1v) is 5.01. The van der Waals surface area contributed by atoms with E-state index in [-0.39, 0.29) is 16.6 Å². The summed E-state index contributed by atoms with van der Waals surface area (Å²) in [5, 5.41) is 8.48. The minimum absolute atomic E-state index is 0.0903. The molecule has 0 amide bonds. The van der Waals surface area contributed by atoms with Gasteiger partial charge in [0.05, 0.1) is 0 Å². The zero-order chi connectivity index (χ0) is 8.69. The first-order chi connectivity index (χ1) is 5.20. The van der Waals surface area contributed by atoms with E-state index in [2.05, 4.69) is 13.2 Å². The second-order valence-electron chi connectivity index (χ2n) is 2.06. The van der Waals surface area contributed by atoms with Gasteiger partial charge in [-0.1, -0.05) is 13.2 Å². The van der Waals surface area contributed by atoms with Crippen LogP contribution in [0.1, 0.15) is 0 Å². The van der Waals surface area contributed by atoms with Gasteiger partial charge in [0.1, 0.15) is 11.5 Å². The van der Waals surface area contributed by atoms with Gasteiger partial charge in [-0.3, -0.25) is 0 Å². The number of hydrogen-bond acceptors (Lipinski definition) is 1. The minimum atomic E-state index is -0.739. The molecule has 3 heteroatoms. The third-order valence-corrected chi connectivity index (χ3v) is 3.10. The zero-order valence-electron chi connectivity index (χ0n) is 6.45.